The van der Waals surface area contributed by atoms with Gasteiger partial charge in [0.25, 0.3) is 0 Å². The van der Waals surface area contributed by atoms with Crippen molar-refractivity contribution in [2.75, 3.05) is 0 Å². The molecule has 0 radical (unpaired) electrons. The molecule has 0 atom stereocenters. The summed E-state index contributed by atoms with van der Waals surface area (Å²) in [4.78, 5) is 8.55. The molecule has 0 aliphatic rings. The number of nitrogens with zero attached hydrogens (tertiary/aromatic N) is 2. The number of benzene rings is 2. The molecule has 2 aromatic carbocycles. The average Bonchev–Trinajstić information content (AvgIpc) is 2.28. The quantitative estimate of drug-likeness (QED) is 0.640. The van der Waals surface area contributed by atoms with Crippen LogP contribution in [0.25, 0.3) is 10.8 Å². The van der Waals surface area contributed by atoms with Crippen molar-refractivity contribution in [3.63, 3.8) is 0 Å². The standard InChI is InChI=1S/C15H16N2/c1-15(2,3)17-11-16-14-10-6-8-12-7-4-5-9-13(12)14/h4-10H,1-3H3. The molecule has 2 nitrogen and oxygen atoms in total. The maximum absolute atomic E-state index is 4.30. The van der Waals surface area contributed by atoms with Gasteiger partial charge in [-0.1, -0.05) is 36.4 Å². The highest BCUT2D eigenvalue weighted by molar-refractivity contribution is 5.93. The molecule has 0 amide bonds. The van der Waals surface area contributed by atoms with Gasteiger partial charge in [0.1, 0.15) is 0 Å². The Labute approximate surface area is 102 Å². The van der Waals surface area contributed by atoms with E-state index in [1.165, 1.54) is 5.39 Å². The third-order valence-electron chi connectivity index (χ3n) is 2.32. The third-order valence-corrected chi connectivity index (χ3v) is 2.32. The minimum Gasteiger partial charge on any atom is -0.219 e. The highest BCUT2D eigenvalue weighted by Crippen LogP contribution is 2.24. The molecular weight excluding hydrogens is 208 g/mol. The minimum atomic E-state index is -0.131. The molecule has 2 heteroatoms. The molecule has 86 valence electrons. The molecule has 2 rings (SSSR count). The first kappa shape index (κ1) is 11.6. The van der Waals surface area contributed by atoms with Gasteiger partial charge in [0.15, 0.2) is 0 Å². The summed E-state index contributed by atoms with van der Waals surface area (Å²) in [6.07, 6.45) is 0. The predicted molar refractivity (Wildman–Crippen MR) is 73.2 cm³/mol. The van der Waals surface area contributed by atoms with Gasteiger partial charge in [-0.15, -0.1) is 0 Å². The number of rotatable bonds is 1. The summed E-state index contributed by atoms with van der Waals surface area (Å²) in [6.45, 7) is 6.08. The summed E-state index contributed by atoms with van der Waals surface area (Å²) in [5.41, 5.74) is 0.782. The fraction of sp³-hybridized carbons (Fsp3) is 0.267. The zero-order chi connectivity index (χ0) is 12.3. The first-order valence-corrected chi connectivity index (χ1v) is 5.72. The van der Waals surface area contributed by atoms with Crippen LogP contribution in [0.15, 0.2) is 52.4 Å². The molecule has 0 saturated carbocycles. The normalized spacial score (nSPS) is 11.0. The Morgan fingerprint density at radius 2 is 1.65 bits per heavy atom. The van der Waals surface area contributed by atoms with Crippen molar-refractivity contribution in [1.82, 2.24) is 0 Å². The van der Waals surface area contributed by atoms with Gasteiger partial charge in [0.05, 0.1) is 17.2 Å². The van der Waals surface area contributed by atoms with Gasteiger partial charge in [-0.05, 0) is 32.2 Å². The number of hydrogen-bond donors (Lipinski definition) is 0. The van der Waals surface area contributed by atoms with Gasteiger partial charge < -0.3 is 0 Å². The summed E-state index contributed by atoms with van der Waals surface area (Å²) in [5, 5.41) is 2.32. The Kier molecular flexibility index (Phi) is 3.08. The van der Waals surface area contributed by atoms with Gasteiger partial charge in [-0.3, -0.25) is 0 Å². The Morgan fingerprint density at radius 1 is 0.941 bits per heavy atom. The predicted octanol–water partition coefficient (Wildman–Crippen LogP) is 4.44. The molecule has 0 aliphatic heterocycles. The molecule has 2 aromatic rings. The van der Waals surface area contributed by atoms with E-state index in [0.717, 1.165) is 11.1 Å². The van der Waals surface area contributed by atoms with Crippen molar-refractivity contribution in [3.8, 4) is 0 Å². The van der Waals surface area contributed by atoms with E-state index < -0.39 is 0 Å². The lowest BCUT2D eigenvalue weighted by atomic mass is 10.1. The molecule has 0 bridgehead atoms. The number of fused-ring (bicyclic) bond motifs is 1. The zero-order valence-corrected chi connectivity index (χ0v) is 10.4. The van der Waals surface area contributed by atoms with E-state index in [1.54, 1.807) is 0 Å². The maximum Gasteiger partial charge on any atom is 0.0954 e. The zero-order valence-electron chi connectivity index (χ0n) is 10.4. The Morgan fingerprint density at radius 3 is 2.41 bits per heavy atom. The fourth-order valence-electron chi connectivity index (χ4n) is 1.53. The van der Waals surface area contributed by atoms with Crippen LogP contribution < -0.4 is 0 Å². The lowest BCUT2D eigenvalue weighted by molar-refractivity contribution is 0.587. The maximum atomic E-state index is 4.30. The van der Waals surface area contributed by atoms with Crippen LogP contribution in [0.1, 0.15) is 20.8 Å². The van der Waals surface area contributed by atoms with Crippen molar-refractivity contribution in [2.24, 2.45) is 9.98 Å². The third kappa shape index (κ3) is 3.02. The van der Waals surface area contributed by atoms with Crippen LogP contribution >= 0.6 is 0 Å². The van der Waals surface area contributed by atoms with E-state index in [9.17, 15) is 0 Å². The second kappa shape index (κ2) is 4.52. The van der Waals surface area contributed by atoms with Crippen LogP contribution in [0, 0.1) is 0 Å². The van der Waals surface area contributed by atoms with E-state index >= 15 is 0 Å². The van der Waals surface area contributed by atoms with Crippen molar-refractivity contribution >= 4 is 22.5 Å². The smallest absolute Gasteiger partial charge is 0.0954 e. The lowest BCUT2D eigenvalue weighted by Crippen LogP contribution is -2.07. The van der Waals surface area contributed by atoms with Gasteiger partial charge in [-0.2, -0.15) is 4.99 Å². The SMILES string of the molecule is CC(C)(C)N=C=Nc1cccc2ccccc12. The molecule has 0 heterocycles. The summed E-state index contributed by atoms with van der Waals surface area (Å²) in [7, 11) is 0. The molecule has 17 heavy (non-hydrogen) atoms. The Bertz CT molecular complexity index is 580. The van der Waals surface area contributed by atoms with E-state index in [-0.39, 0.29) is 5.54 Å². The van der Waals surface area contributed by atoms with E-state index in [4.69, 9.17) is 0 Å². The molecule has 0 aromatic heterocycles. The molecule has 0 saturated heterocycles. The van der Waals surface area contributed by atoms with Gasteiger partial charge in [0.2, 0.25) is 0 Å². The Balaban J connectivity index is 2.47. The largest absolute Gasteiger partial charge is 0.219 e. The number of aliphatic imine (C=N–C) groups is 2. The first-order chi connectivity index (χ1) is 8.06. The number of hydrogen-bond acceptors (Lipinski definition) is 2. The molecule has 0 unspecified atom stereocenters. The average molecular weight is 224 g/mol. The second-order valence-corrected chi connectivity index (χ2v) is 4.99. The van der Waals surface area contributed by atoms with Crippen LogP contribution in [0.2, 0.25) is 0 Å². The van der Waals surface area contributed by atoms with Crippen molar-refractivity contribution in [1.29, 1.82) is 0 Å². The summed E-state index contributed by atoms with van der Waals surface area (Å²) >= 11 is 0. The van der Waals surface area contributed by atoms with Crippen LogP contribution in [0.5, 0.6) is 0 Å². The van der Waals surface area contributed by atoms with Gasteiger partial charge in [-0.25, -0.2) is 4.99 Å². The molecule has 0 N–H and O–H groups in total. The van der Waals surface area contributed by atoms with Gasteiger partial charge >= 0.3 is 0 Å². The summed E-state index contributed by atoms with van der Waals surface area (Å²) < 4.78 is 0. The van der Waals surface area contributed by atoms with Gasteiger partial charge in [0, 0.05) is 5.39 Å². The van der Waals surface area contributed by atoms with E-state index in [0.29, 0.717) is 0 Å². The lowest BCUT2D eigenvalue weighted by Gasteiger charge is -2.07. The topological polar surface area (TPSA) is 24.7 Å². The summed E-state index contributed by atoms with van der Waals surface area (Å²) in [5.74, 6) is 0. The van der Waals surface area contributed by atoms with E-state index in [2.05, 4.69) is 34.2 Å². The summed E-state index contributed by atoms with van der Waals surface area (Å²) in [6, 6.07) is 17.0. The van der Waals surface area contributed by atoms with Crippen molar-refractivity contribution < 1.29 is 0 Å². The monoisotopic (exact) mass is 224 g/mol. The van der Waals surface area contributed by atoms with Crippen molar-refractivity contribution in [3.05, 3.63) is 42.5 Å². The highest BCUT2D eigenvalue weighted by atomic mass is 14.9. The minimum absolute atomic E-state index is 0.131. The second-order valence-electron chi connectivity index (χ2n) is 4.99. The molecule has 0 aliphatic carbocycles. The van der Waals surface area contributed by atoms with Crippen LogP contribution in [-0.4, -0.2) is 11.5 Å². The van der Waals surface area contributed by atoms with E-state index in [1.807, 2.05) is 45.0 Å². The first-order valence-electron chi connectivity index (χ1n) is 5.72. The highest BCUT2D eigenvalue weighted by Gasteiger charge is 2.04. The van der Waals surface area contributed by atoms with Crippen LogP contribution in [0.4, 0.5) is 5.69 Å². The fourth-order valence-corrected chi connectivity index (χ4v) is 1.53. The van der Waals surface area contributed by atoms with Crippen LogP contribution in [-0.2, 0) is 0 Å². The van der Waals surface area contributed by atoms with Crippen LogP contribution in [0.3, 0.4) is 0 Å². The molecule has 0 fully saturated rings. The molecular formula is C15H16N2. The van der Waals surface area contributed by atoms with Crippen molar-refractivity contribution in [2.45, 2.75) is 26.3 Å². The molecule has 0 spiro atoms. The Hall–Kier alpha value is -1.92.